The number of rotatable bonds is 7. The fraction of sp³-hybridized carbons (Fsp3) is 0.368. The second kappa shape index (κ2) is 7.62. The molecule has 0 unspecified atom stereocenters. The van der Waals surface area contributed by atoms with E-state index in [0.29, 0.717) is 6.42 Å². The van der Waals surface area contributed by atoms with Crippen LogP contribution in [0.25, 0.3) is 0 Å². The van der Waals surface area contributed by atoms with Crippen LogP contribution < -0.4 is 10.6 Å². The fourth-order valence-electron chi connectivity index (χ4n) is 2.56. The van der Waals surface area contributed by atoms with Crippen molar-refractivity contribution in [2.24, 2.45) is 0 Å². The van der Waals surface area contributed by atoms with Crippen LogP contribution in [-0.4, -0.2) is 23.9 Å². The van der Waals surface area contributed by atoms with Gasteiger partial charge >= 0.3 is 0 Å². The van der Waals surface area contributed by atoms with E-state index in [0.717, 1.165) is 24.0 Å². The molecule has 2 atom stereocenters. The van der Waals surface area contributed by atoms with E-state index >= 15 is 0 Å². The molecule has 0 bridgehead atoms. The molecular weight excluding hydrogens is 320 g/mol. The smallest absolute Gasteiger partial charge is 0.243 e. The van der Waals surface area contributed by atoms with E-state index in [1.54, 1.807) is 11.3 Å². The molecule has 1 aliphatic rings. The van der Waals surface area contributed by atoms with Gasteiger partial charge in [-0.25, -0.2) is 0 Å². The Labute approximate surface area is 146 Å². The number of thiophene rings is 1. The summed E-state index contributed by atoms with van der Waals surface area (Å²) in [6.45, 7) is 1.87. The van der Waals surface area contributed by atoms with Crippen molar-refractivity contribution in [3.8, 4) is 0 Å². The third-order valence-corrected chi connectivity index (χ3v) is 4.98. The molecule has 126 valence electrons. The third-order valence-electron chi connectivity index (χ3n) is 4.28. The number of nitrogens with one attached hydrogen (secondary N) is 2. The molecule has 2 N–H and O–H groups in total. The number of benzene rings is 1. The van der Waals surface area contributed by atoms with Crippen molar-refractivity contribution in [2.75, 3.05) is 0 Å². The van der Waals surface area contributed by atoms with Crippen LogP contribution in [0.1, 0.15) is 36.8 Å². The highest BCUT2D eigenvalue weighted by Crippen LogP contribution is 2.20. The van der Waals surface area contributed by atoms with E-state index in [1.165, 1.54) is 0 Å². The highest BCUT2D eigenvalue weighted by molar-refractivity contribution is 7.08. The average molecular weight is 342 g/mol. The van der Waals surface area contributed by atoms with Crippen molar-refractivity contribution in [2.45, 2.75) is 44.2 Å². The molecule has 0 radical (unpaired) electrons. The summed E-state index contributed by atoms with van der Waals surface area (Å²) in [6, 6.07) is 11.5. The standard InChI is InChI=1S/C19H22N2O2S/c1-13(15-9-10-24-12-15)18(22)21-17(19(23)20-16-7-8-16)11-14-5-3-2-4-6-14/h2-6,9-10,12-13,16-17H,7-8,11H2,1H3,(H,20,23)(H,21,22)/t13-,17+/m0/s1. The van der Waals surface area contributed by atoms with E-state index in [9.17, 15) is 9.59 Å². The van der Waals surface area contributed by atoms with Crippen molar-refractivity contribution in [1.82, 2.24) is 10.6 Å². The molecule has 1 aromatic heterocycles. The lowest BCUT2D eigenvalue weighted by atomic mass is 10.0. The summed E-state index contributed by atoms with van der Waals surface area (Å²) >= 11 is 1.57. The van der Waals surface area contributed by atoms with Crippen molar-refractivity contribution in [1.29, 1.82) is 0 Å². The molecule has 4 nitrogen and oxygen atoms in total. The third kappa shape index (κ3) is 4.45. The topological polar surface area (TPSA) is 58.2 Å². The zero-order valence-corrected chi connectivity index (χ0v) is 14.5. The zero-order chi connectivity index (χ0) is 16.9. The Morgan fingerprint density at radius 3 is 2.54 bits per heavy atom. The van der Waals surface area contributed by atoms with Crippen molar-refractivity contribution < 1.29 is 9.59 Å². The van der Waals surface area contributed by atoms with Gasteiger partial charge in [-0.2, -0.15) is 11.3 Å². The molecule has 3 rings (SSSR count). The second-order valence-electron chi connectivity index (χ2n) is 6.31. The van der Waals surface area contributed by atoms with E-state index in [2.05, 4.69) is 10.6 Å². The van der Waals surface area contributed by atoms with E-state index in [1.807, 2.05) is 54.1 Å². The largest absolute Gasteiger partial charge is 0.352 e. The van der Waals surface area contributed by atoms with E-state index < -0.39 is 6.04 Å². The van der Waals surface area contributed by atoms with Gasteiger partial charge in [0.1, 0.15) is 6.04 Å². The maximum atomic E-state index is 12.6. The summed E-state index contributed by atoms with van der Waals surface area (Å²) in [6.07, 6.45) is 2.56. The highest BCUT2D eigenvalue weighted by atomic mass is 32.1. The Hall–Kier alpha value is -2.14. The van der Waals surface area contributed by atoms with Crippen LogP contribution in [0.15, 0.2) is 47.2 Å². The van der Waals surface area contributed by atoms with Crippen LogP contribution in [0, 0.1) is 0 Å². The first-order valence-corrected chi connectivity index (χ1v) is 9.24. The Morgan fingerprint density at radius 1 is 1.17 bits per heavy atom. The van der Waals surface area contributed by atoms with Crippen LogP contribution in [0.5, 0.6) is 0 Å². The first kappa shape index (κ1) is 16.7. The van der Waals surface area contributed by atoms with Gasteiger partial charge in [0.25, 0.3) is 0 Å². The number of hydrogen-bond donors (Lipinski definition) is 2. The molecule has 2 aromatic rings. The molecule has 1 aliphatic carbocycles. The average Bonchev–Trinajstić information content (AvgIpc) is 3.23. The molecular formula is C19H22N2O2S. The van der Waals surface area contributed by atoms with Crippen LogP contribution in [-0.2, 0) is 16.0 Å². The minimum atomic E-state index is -0.540. The summed E-state index contributed by atoms with van der Waals surface area (Å²) in [7, 11) is 0. The Balaban J connectivity index is 1.68. The van der Waals surface area contributed by atoms with Crippen LogP contribution >= 0.6 is 11.3 Å². The molecule has 24 heavy (non-hydrogen) atoms. The predicted octanol–water partition coefficient (Wildman–Crippen LogP) is 2.86. The van der Waals surface area contributed by atoms with Crippen molar-refractivity contribution in [3.63, 3.8) is 0 Å². The van der Waals surface area contributed by atoms with Gasteiger partial charge in [0.2, 0.25) is 11.8 Å². The molecule has 0 aliphatic heterocycles. The summed E-state index contributed by atoms with van der Waals surface area (Å²) in [4.78, 5) is 25.1. The second-order valence-corrected chi connectivity index (χ2v) is 7.09. The molecule has 0 spiro atoms. The molecule has 1 fully saturated rings. The van der Waals surface area contributed by atoms with Gasteiger partial charge in [-0.15, -0.1) is 0 Å². The molecule has 1 heterocycles. The van der Waals surface area contributed by atoms with Crippen LogP contribution in [0.4, 0.5) is 0 Å². The normalized spacial score (nSPS) is 16.2. The van der Waals surface area contributed by atoms with Gasteiger partial charge in [0, 0.05) is 12.5 Å². The first-order valence-electron chi connectivity index (χ1n) is 8.30. The molecule has 0 saturated heterocycles. The molecule has 1 saturated carbocycles. The van der Waals surface area contributed by atoms with E-state index in [-0.39, 0.29) is 23.8 Å². The van der Waals surface area contributed by atoms with Gasteiger partial charge in [0.05, 0.1) is 5.92 Å². The maximum Gasteiger partial charge on any atom is 0.243 e. The summed E-state index contributed by atoms with van der Waals surface area (Å²) in [5, 5.41) is 9.87. The Bertz CT molecular complexity index is 681. The van der Waals surface area contributed by atoms with Crippen molar-refractivity contribution >= 4 is 23.2 Å². The number of carbonyl (C=O) groups excluding carboxylic acids is 2. The monoisotopic (exact) mass is 342 g/mol. The summed E-state index contributed by atoms with van der Waals surface area (Å²) < 4.78 is 0. The van der Waals surface area contributed by atoms with Gasteiger partial charge in [-0.05, 0) is 47.7 Å². The lowest BCUT2D eigenvalue weighted by molar-refractivity contribution is -0.129. The SMILES string of the molecule is C[C@H](C(=O)N[C@H](Cc1ccccc1)C(=O)NC1CC1)c1ccsc1. The van der Waals surface area contributed by atoms with Gasteiger partial charge < -0.3 is 10.6 Å². The number of amides is 2. The first-order chi connectivity index (χ1) is 11.6. The Morgan fingerprint density at radius 2 is 1.92 bits per heavy atom. The lowest BCUT2D eigenvalue weighted by Crippen LogP contribution is -2.49. The van der Waals surface area contributed by atoms with Gasteiger partial charge in [-0.3, -0.25) is 9.59 Å². The highest BCUT2D eigenvalue weighted by Gasteiger charge is 2.29. The van der Waals surface area contributed by atoms with Crippen LogP contribution in [0.3, 0.4) is 0 Å². The van der Waals surface area contributed by atoms with Crippen LogP contribution in [0.2, 0.25) is 0 Å². The number of carbonyl (C=O) groups is 2. The van der Waals surface area contributed by atoms with E-state index in [4.69, 9.17) is 0 Å². The zero-order valence-electron chi connectivity index (χ0n) is 13.7. The Kier molecular flexibility index (Phi) is 5.30. The predicted molar refractivity (Wildman–Crippen MR) is 96.0 cm³/mol. The minimum Gasteiger partial charge on any atom is -0.352 e. The maximum absolute atomic E-state index is 12.6. The van der Waals surface area contributed by atoms with Crippen molar-refractivity contribution in [3.05, 3.63) is 58.3 Å². The molecule has 2 amide bonds. The van der Waals surface area contributed by atoms with Gasteiger partial charge in [0.15, 0.2) is 0 Å². The van der Waals surface area contributed by atoms with Gasteiger partial charge in [-0.1, -0.05) is 30.3 Å². The summed E-state index contributed by atoms with van der Waals surface area (Å²) in [5.41, 5.74) is 2.02. The minimum absolute atomic E-state index is 0.0905. The molecule has 1 aromatic carbocycles. The molecule has 5 heteroatoms. The lowest BCUT2D eigenvalue weighted by Gasteiger charge is -2.20. The fourth-order valence-corrected chi connectivity index (χ4v) is 3.31. The quantitative estimate of drug-likeness (QED) is 0.813. The summed E-state index contributed by atoms with van der Waals surface area (Å²) in [5.74, 6) is -0.462. The number of hydrogen-bond acceptors (Lipinski definition) is 3.